The molecule has 1 aliphatic heterocycles. The van der Waals surface area contributed by atoms with Crippen molar-refractivity contribution in [3.05, 3.63) is 78.7 Å². The number of aromatic hydroxyl groups is 11. The van der Waals surface area contributed by atoms with Crippen molar-refractivity contribution in [1.29, 1.82) is 0 Å². The van der Waals surface area contributed by atoms with E-state index in [9.17, 15) is 91.0 Å². The van der Waals surface area contributed by atoms with Crippen molar-refractivity contribution in [3.8, 4) is 91.2 Å². The minimum atomic E-state index is -2.24. The topological polar surface area (TPSA) is 413 Å². The Morgan fingerprint density at radius 3 is 1.62 bits per heavy atom. The zero-order valence-electron chi connectivity index (χ0n) is 34.6. The van der Waals surface area contributed by atoms with Gasteiger partial charge in [0, 0.05) is 35.4 Å². The van der Waals surface area contributed by atoms with Gasteiger partial charge in [0.05, 0.1) is 35.8 Å². The summed E-state index contributed by atoms with van der Waals surface area (Å²) in [6.45, 7) is -0.997. The molecule has 4 heterocycles. The first-order chi connectivity index (χ1) is 32.7. The molecule has 3 aromatic heterocycles. The van der Waals surface area contributed by atoms with Gasteiger partial charge in [0.25, 0.3) is 0 Å². The number of phenols is 11. The molecule has 0 spiro atoms. The van der Waals surface area contributed by atoms with Gasteiger partial charge in [-0.05, 0) is 18.2 Å². The lowest BCUT2D eigenvalue weighted by molar-refractivity contribution is -0.232. The van der Waals surface area contributed by atoms with Crippen LogP contribution in [0.3, 0.4) is 0 Å². The number of fused-ring (bicyclic) bond motifs is 6. The quantitative estimate of drug-likeness (QED) is 0.0669. The molecule has 1 fully saturated rings. The second-order valence-corrected chi connectivity index (χ2v) is 16.1. The number of ether oxygens (including phenoxy) is 2. The SMILES string of the molecule is COc1cc(O)c2c(=O)c3c(O)c(-c4c(O)cc5oc6c(O)cc(-c7c(O)c(C8OC(CO)C(O)C(O)C8O)c(O)c8c(=O)c9cc(O)c(O)cc9oc78)c(O)c6c(=O)c5c4O)cc(O)c3oc2c1. The third-order valence-electron chi connectivity index (χ3n) is 12.2. The van der Waals surface area contributed by atoms with Gasteiger partial charge in [-0.15, -0.1) is 0 Å². The standard InChI is InChI=1S/C46H32O23/c1-65-10-2-16(50)26-21(3-10)67-43-18(52)5-12(33(55)28(43)38(26)60)24-17(51)8-22-27(36(24)58)39(61)29-34(56)13(6-19(53)44(29)68-22)25-37(59)31(46-42(64)41(63)35(57)23(9-47)69-46)40(62)30-32(54)11-4-14(48)15(49)7-20(11)66-45(25)30/h2-8,23,35,41-42,46-53,55-59,62-64H,9H2,1H3. The molecule has 5 unspecified atom stereocenters. The summed E-state index contributed by atoms with van der Waals surface area (Å²) in [6.07, 6.45) is -10.1. The van der Waals surface area contributed by atoms with Gasteiger partial charge < -0.3 is 99.3 Å². The number of aliphatic hydroxyl groups is 4. The fourth-order valence-corrected chi connectivity index (χ4v) is 8.92. The summed E-state index contributed by atoms with van der Waals surface area (Å²) in [5.74, 6) is -11.1. The van der Waals surface area contributed by atoms with Crippen molar-refractivity contribution in [2.75, 3.05) is 13.7 Å². The average Bonchev–Trinajstić information content (AvgIpc) is 3.29. The highest BCUT2D eigenvalue weighted by Gasteiger charge is 2.47. The van der Waals surface area contributed by atoms with Gasteiger partial charge in [-0.2, -0.15) is 0 Å². The molecule has 69 heavy (non-hydrogen) atoms. The highest BCUT2D eigenvalue weighted by atomic mass is 16.5. The van der Waals surface area contributed by atoms with E-state index in [0.29, 0.717) is 6.07 Å². The lowest BCUT2D eigenvalue weighted by Crippen LogP contribution is -2.55. The Kier molecular flexibility index (Phi) is 9.61. The summed E-state index contributed by atoms with van der Waals surface area (Å²) in [7, 11) is 1.27. The molecule has 0 saturated carbocycles. The van der Waals surface area contributed by atoms with Crippen LogP contribution in [0.5, 0.6) is 69.0 Å². The molecule has 9 aromatic rings. The van der Waals surface area contributed by atoms with Gasteiger partial charge in [0.2, 0.25) is 16.3 Å². The Bertz CT molecular complexity index is 3960. The monoisotopic (exact) mass is 952 g/mol. The maximum Gasteiger partial charge on any atom is 0.208 e. The fourth-order valence-electron chi connectivity index (χ4n) is 8.92. The van der Waals surface area contributed by atoms with Crippen molar-refractivity contribution in [1.82, 2.24) is 0 Å². The number of aliphatic hydroxyl groups excluding tert-OH is 4. The van der Waals surface area contributed by atoms with Gasteiger partial charge in [0.1, 0.15) is 120 Å². The Balaban J connectivity index is 1.27. The predicted molar refractivity (Wildman–Crippen MR) is 236 cm³/mol. The van der Waals surface area contributed by atoms with Crippen LogP contribution < -0.4 is 21.0 Å². The first-order valence-electron chi connectivity index (χ1n) is 20.0. The number of phenolic OH excluding ortho intramolecular Hbond substituents is 11. The molecule has 0 aliphatic carbocycles. The summed E-state index contributed by atoms with van der Waals surface area (Å²) in [6, 6.07) is 5.95. The van der Waals surface area contributed by atoms with Gasteiger partial charge in [0.15, 0.2) is 39.7 Å². The summed E-state index contributed by atoms with van der Waals surface area (Å²) in [5, 5.41) is 162. The minimum absolute atomic E-state index is 0.0565. The van der Waals surface area contributed by atoms with Crippen LogP contribution in [0.15, 0.2) is 70.1 Å². The number of hydrogen-bond donors (Lipinski definition) is 15. The van der Waals surface area contributed by atoms with Crippen LogP contribution in [0.4, 0.5) is 0 Å². The smallest absolute Gasteiger partial charge is 0.208 e. The molecule has 6 aromatic carbocycles. The van der Waals surface area contributed by atoms with Crippen molar-refractivity contribution in [2.45, 2.75) is 30.5 Å². The molecular weight excluding hydrogens is 920 g/mol. The van der Waals surface area contributed by atoms with Gasteiger partial charge in [-0.25, -0.2) is 0 Å². The van der Waals surface area contributed by atoms with Gasteiger partial charge >= 0.3 is 0 Å². The number of benzene rings is 6. The highest BCUT2D eigenvalue weighted by molar-refractivity contribution is 6.11. The van der Waals surface area contributed by atoms with Gasteiger partial charge in [-0.1, -0.05) is 0 Å². The van der Waals surface area contributed by atoms with Crippen LogP contribution >= 0.6 is 0 Å². The highest BCUT2D eigenvalue weighted by Crippen LogP contribution is 2.55. The van der Waals surface area contributed by atoms with Crippen LogP contribution in [0.2, 0.25) is 0 Å². The first kappa shape index (κ1) is 44.0. The normalized spacial score (nSPS) is 18.6. The molecule has 10 rings (SSSR count). The molecule has 1 saturated heterocycles. The largest absolute Gasteiger partial charge is 0.507 e. The maximum absolute atomic E-state index is 14.7. The molecule has 354 valence electrons. The molecule has 0 bridgehead atoms. The minimum Gasteiger partial charge on any atom is -0.507 e. The van der Waals surface area contributed by atoms with Crippen LogP contribution in [0, 0.1) is 0 Å². The zero-order valence-corrected chi connectivity index (χ0v) is 34.6. The van der Waals surface area contributed by atoms with Crippen LogP contribution in [0.25, 0.3) is 88.1 Å². The molecule has 1 aliphatic rings. The number of hydrogen-bond acceptors (Lipinski definition) is 23. The van der Waals surface area contributed by atoms with E-state index < -0.39 is 205 Å². The maximum atomic E-state index is 14.7. The fraction of sp³-hybridized carbons (Fsp3) is 0.152. The molecule has 23 heteroatoms. The summed E-state index contributed by atoms with van der Waals surface area (Å²) in [4.78, 5) is 42.7. The van der Waals surface area contributed by atoms with Crippen molar-refractivity contribution in [3.63, 3.8) is 0 Å². The van der Waals surface area contributed by atoms with E-state index in [0.717, 1.165) is 30.3 Å². The van der Waals surface area contributed by atoms with E-state index in [1.165, 1.54) is 13.2 Å². The van der Waals surface area contributed by atoms with Crippen molar-refractivity contribution in [2.24, 2.45) is 0 Å². The van der Waals surface area contributed by atoms with E-state index in [1.807, 2.05) is 0 Å². The van der Waals surface area contributed by atoms with E-state index in [-0.39, 0.29) is 11.3 Å². The van der Waals surface area contributed by atoms with Crippen molar-refractivity contribution < 1.29 is 99.3 Å². The van der Waals surface area contributed by atoms with Gasteiger partial charge in [-0.3, -0.25) is 14.4 Å². The van der Waals surface area contributed by atoms with Crippen LogP contribution in [-0.4, -0.2) is 115 Å². The third kappa shape index (κ3) is 6.01. The first-order valence-corrected chi connectivity index (χ1v) is 20.0. The lowest BCUT2D eigenvalue weighted by atomic mass is 9.86. The van der Waals surface area contributed by atoms with E-state index in [4.69, 9.17) is 22.7 Å². The predicted octanol–water partition coefficient (Wildman–Crippen LogP) is 3.08. The number of methoxy groups -OCH3 is 1. The molecule has 0 amide bonds. The molecule has 23 nitrogen and oxygen atoms in total. The Morgan fingerprint density at radius 1 is 0.478 bits per heavy atom. The molecular formula is C46H32O23. The van der Waals surface area contributed by atoms with E-state index in [2.05, 4.69) is 0 Å². The molecule has 15 N–H and O–H groups in total. The third-order valence-corrected chi connectivity index (χ3v) is 12.2. The summed E-state index contributed by atoms with van der Waals surface area (Å²) >= 11 is 0. The Labute approximate surface area is 378 Å². The lowest BCUT2D eigenvalue weighted by Gasteiger charge is -2.40. The molecule has 5 atom stereocenters. The Hall–Kier alpha value is -8.87. The van der Waals surface area contributed by atoms with Crippen LogP contribution in [0.1, 0.15) is 11.7 Å². The van der Waals surface area contributed by atoms with E-state index in [1.54, 1.807) is 0 Å². The summed E-state index contributed by atoms with van der Waals surface area (Å²) in [5.41, 5.74) is -11.7. The average molecular weight is 953 g/mol. The molecule has 0 radical (unpaired) electrons. The second-order valence-electron chi connectivity index (χ2n) is 16.1. The van der Waals surface area contributed by atoms with Crippen molar-refractivity contribution >= 4 is 65.8 Å². The summed E-state index contributed by atoms with van der Waals surface area (Å²) < 4.78 is 27.9. The van der Waals surface area contributed by atoms with Crippen LogP contribution in [-0.2, 0) is 4.74 Å². The van der Waals surface area contributed by atoms with E-state index >= 15 is 0 Å². The number of rotatable bonds is 5. The second kappa shape index (κ2) is 15.1. The Morgan fingerprint density at radius 2 is 1.01 bits per heavy atom. The zero-order chi connectivity index (χ0) is 49.6.